The van der Waals surface area contributed by atoms with E-state index in [1.807, 2.05) is 6.07 Å². The van der Waals surface area contributed by atoms with E-state index in [1.165, 1.54) is 13.0 Å². The van der Waals surface area contributed by atoms with Crippen LogP contribution in [0.3, 0.4) is 0 Å². The lowest BCUT2D eigenvalue weighted by Gasteiger charge is -2.16. The zero-order chi connectivity index (χ0) is 13.8. The van der Waals surface area contributed by atoms with Crippen molar-refractivity contribution >= 4 is 11.6 Å². The van der Waals surface area contributed by atoms with Gasteiger partial charge in [0.25, 0.3) is 0 Å². The van der Waals surface area contributed by atoms with E-state index < -0.39 is 17.5 Å². The monoisotopic (exact) mass is 254 g/mol. The fraction of sp³-hybridized carbons (Fsp3) is 0.125. The Hall–Kier alpha value is -2.42. The number of hydrogen-bond acceptors (Lipinski definition) is 3. The van der Waals surface area contributed by atoms with Crippen LogP contribution in [0.15, 0.2) is 54.6 Å². The molecule has 3 heteroatoms. The molecule has 1 unspecified atom stereocenters. The molecule has 96 valence electrons. The van der Waals surface area contributed by atoms with Gasteiger partial charge in [-0.2, -0.15) is 0 Å². The van der Waals surface area contributed by atoms with Crippen molar-refractivity contribution in [3.05, 3.63) is 65.7 Å². The van der Waals surface area contributed by atoms with Crippen LogP contribution < -0.4 is 0 Å². The van der Waals surface area contributed by atoms with E-state index in [0.717, 1.165) is 0 Å². The standard InChI is InChI=1S/C16H14O3/c1-11(17)16(19)15(12-7-3-2-4-8-12)13-9-5-6-10-14(13)18/h2-10,15,18H,1H3. The lowest BCUT2D eigenvalue weighted by molar-refractivity contribution is -0.135. The molecule has 0 bridgehead atoms. The van der Waals surface area contributed by atoms with Gasteiger partial charge in [-0.25, -0.2) is 0 Å². The van der Waals surface area contributed by atoms with Crippen molar-refractivity contribution in [1.29, 1.82) is 0 Å². The molecule has 2 aromatic rings. The Morgan fingerprint density at radius 1 is 0.947 bits per heavy atom. The molecule has 0 fully saturated rings. The topological polar surface area (TPSA) is 54.4 Å². The van der Waals surface area contributed by atoms with E-state index in [1.54, 1.807) is 42.5 Å². The van der Waals surface area contributed by atoms with Crippen LogP contribution >= 0.6 is 0 Å². The Morgan fingerprint density at radius 3 is 2.11 bits per heavy atom. The van der Waals surface area contributed by atoms with E-state index in [4.69, 9.17) is 0 Å². The molecule has 0 aromatic heterocycles. The van der Waals surface area contributed by atoms with Crippen LogP contribution in [0.5, 0.6) is 5.75 Å². The second-order valence-corrected chi connectivity index (χ2v) is 4.32. The van der Waals surface area contributed by atoms with Gasteiger partial charge in [0.05, 0.1) is 5.92 Å². The molecule has 0 saturated heterocycles. The number of rotatable bonds is 4. The third-order valence-electron chi connectivity index (χ3n) is 2.99. The van der Waals surface area contributed by atoms with E-state index in [0.29, 0.717) is 11.1 Å². The summed E-state index contributed by atoms with van der Waals surface area (Å²) in [5, 5.41) is 9.91. The van der Waals surface area contributed by atoms with Gasteiger partial charge in [0.15, 0.2) is 5.78 Å². The summed E-state index contributed by atoms with van der Waals surface area (Å²) in [6, 6.07) is 15.6. The summed E-state index contributed by atoms with van der Waals surface area (Å²) in [5.41, 5.74) is 1.15. The van der Waals surface area contributed by atoms with Gasteiger partial charge in [0.1, 0.15) is 5.75 Å². The van der Waals surface area contributed by atoms with Crippen molar-refractivity contribution in [2.75, 3.05) is 0 Å². The van der Waals surface area contributed by atoms with E-state index in [9.17, 15) is 14.7 Å². The van der Waals surface area contributed by atoms with E-state index >= 15 is 0 Å². The number of carbonyl (C=O) groups is 2. The number of phenols is 1. The first-order chi connectivity index (χ1) is 9.11. The average Bonchev–Trinajstić information content (AvgIpc) is 2.42. The SMILES string of the molecule is CC(=O)C(=O)C(c1ccccc1)c1ccccc1O. The molecular formula is C16H14O3. The maximum atomic E-state index is 12.1. The Balaban J connectivity index is 2.56. The highest BCUT2D eigenvalue weighted by molar-refractivity contribution is 6.39. The molecule has 0 spiro atoms. The second-order valence-electron chi connectivity index (χ2n) is 4.32. The number of aromatic hydroxyl groups is 1. The van der Waals surface area contributed by atoms with Crippen molar-refractivity contribution in [2.24, 2.45) is 0 Å². The lowest BCUT2D eigenvalue weighted by Crippen LogP contribution is -2.21. The minimum Gasteiger partial charge on any atom is -0.508 e. The molecule has 19 heavy (non-hydrogen) atoms. The molecule has 2 aromatic carbocycles. The quantitative estimate of drug-likeness (QED) is 0.853. The van der Waals surface area contributed by atoms with Crippen LogP contribution in [-0.4, -0.2) is 16.7 Å². The van der Waals surface area contributed by atoms with Crippen LogP contribution in [0.4, 0.5) is 0 Å². The maximum absolute atomic E-state index is 12.1. The van der Waals surface area contributed by atoms with Gasteiger partial charge in [-0.3, -0.25) is 9.59 Å². The summed E-state index contributed by atoms with van der Waals surface area (Å²) < 4.78 is 0. The number of carbonyl (C=O) groups excluding carboxylic acids is 2. The molecule has 0 aliphatic heterocycles. The Morgan fingerprint density at radius 2 is 1.53 bits per heavy atom. The highest BCUT2D eigenvalue weighted by atomic mass is 16.3. The predicted octanol–water partition coefficient (Wildman–Crippen LogP) is 2.68. The number of benzene rings is 2. The molecule has 0 amide bonds. The molecule has 3 nitrogen and oxygen atoms in total. The van der Waals surface area contributed by atoms with Gasteiger partial charge in [0, 0.05) is 12.5 Å². The summed E-state index contributed by atoms with van der Waals surface area (Å²) in [7, 11) is 0. The first-order valence-electron chi connectivity index (χ1n) is 5.99. The minimum atomic E-state index is -0.750. The first kappa shape index (κ1) is 13.0. The molecular weight excluding hydrogens is 240 g/mol. The summed E-state index contributed by atoms with van der Waals surface area (Å²) in [5.74, 6) is -1.77. The fourth-order valence-corrected chi connectivity index (χ4v) is 2.05. The molecule has 0 heterocycles. The number of hydrogen-bond donors (Lipinski definition) is 1. The number of Topliss-reactive ketones (excluding diaryl/α,β-unsaturated/α-hetero) is 2. The lowest BCUT2D eigenvalue weighted by atomic mass is 9.86. The highest BCUT2D eigenvalue weighted by Crippen LogP contribution is 2.31. The van der Waals surface area contributed by atoms with Crippen molar-refractivity contribution < 1.29 is 14.7 Å². The summed E-state index contributed by atoms with van der Waals surface area (Å²) >= 11 is 0. The Kier molecular flexibility index (Phi) is 3.76. The average molecular weight is 254 g/mol. The van der Waals surface area contributed by atoms with E-state index in [-0.39, 0.29) is 5.75 Å². The summed E-state index contributed by atoms with van der Waals surface area (Å²) in [6.45, 7) is 1.25. The number of para-hydroxylation sites is 1. The molecule has 1 atom stereocenters. The van der Waals surface area contributed by atoms with Gasteiger partial charge in [-0.05, 0) is 11.6 Å². The van der Waals surface area contributed by atoms with Crippen LogP contribution in [0.2, 0.25) is 0 Å². The van der Waals surface area contributed by atoms with Gasteiger partial charge >= 0.3 is 0 Å². The summed E-state index contributed by atoms with van der Waals surface area (Å²) in [6.07, 6.45) is 0. The van der Waals surface area contributed by atoms with Crippen molar-refractivity contribution in [3.8, 4) is 5.75 Å². The van der Waals surface area contributed by atoms with Gasteiger partial charge in [-0.15, -0.1) is 0 Å². The third-order valence-corrected chi connectivity index (χ3v) is 2.99. The molecule has 0 saturated carbocycles. The fourth-order valence-electron chi connectivity index (χ4n) is 2.05. The van der Waals surface area contributed by atoms with Crippen LogP contribution in [0.1, 0.15) is 24.0 Å². The smallest absolute Gasteiger partial charge is 0.210 e. The Labute approximate surface area is 111 Å². The first-order valence-corrected chi connectivity index (χ1v) is 5.99. The van der Waals surface area contributed by atoms with Crippen molar-refractivity contribution in [2.45, 2.75) is 12.8 Å². The molecule has 0 aliphatic carbocycles. The predicted molar refractivity (Wildman–Crippen MR) is 72.1 cm³/mol. The van der Waals surface area contributed by atoms with Crippen molar-refractivity contribution in [3.63, 3.8) is 0 Å². The van der Waals surface area contributed by atoms with Gasteiger partial charge in [-0.1, -0.05) is 48.5 Å². The van der Waals surface area contributed by atoms with Crippen LogP contribution in [-0.2, 0) is 9.59 Å². The minimum absolute atomic E-state index is 0.0194. The maximum Gasteiger partial charge on any atom is 0.210 e. The zero-order valence-electron chi connectivity index (χ0n) is 10.5. The Bertz CT molecular complexity index is 602. The normalized spacial score (nSPS) is 11.8. The van der Waals surface area contributed by atoms with E-state index in [2.05, 4.69) is 0 Å². The number of ketones is 2. The van der Waals surface area contributed by atoms with Crippen LogP contribution in [0, 0.1) is 0 Å². The zero-order valence-corrected chi connectivity index (χ0v) is 10.5. The number of phenolic OH excluding ortho intramolecular Hbond substituents is 1. The molecule has 2 rings (SSSR count). The third kappa shape index (κ3) is 2.71. The highest BCUT2D eigenvalue weighted by Gasteiger charge is 2.27. The molecule has 1 N–H and O–H groups in total. The van der Waals surface area contributed by atoms with Gasteiger partial charge < -0.3 is 5.11 Å². The molecule has 0 aliphatic rings. The van der Waals surface area contributed by atoms with Crippen molar-refractivity contribution in [1.82, 2.24) is 0 Å². The second kappa shape index (κ2) is 5.48. The largest absolute Gasteiger partial charge is 0.508 e. The van der Waals surface area contributed by atoms with Crippen LogP contribution in [0.25, 0.3) is 0 Å². The summed E-state index contributed by atoms with van der Waals surface area (Å²) in [4.78, 5) is 23.5. The van der Waals surface area contributed by atoms with Gasteiger partial charge in [0.2, 0.25) is 5.78 Å². The molecule has 0 radical (unpaired) electrons.